The number of halogens is 2. The van der Waals surface area contributed by atoms with Crippen molar-refractivity contribution in [2.75, 3.05) is 19.7 Å². The van der Waals surface area contributed by atoms with Gasteiger partial charge in [0.05, 0.1) is 5.92 Å². The lowest BCUT2D eigenvalue weighted by atomic mass is 9.92. The summed E-state index contributed by atoms with van der Waals surface area (Å²) >= 11 is 6.01. The van der Waals surface area contributed by atoms with Gasteiger partial charge in [0, 0.05) is 17.6 Å². The summed E-state index contributed by atoms with van der Waals surface area (Å²) in [6.07, 6.45) is 1.79. The van der Waals surface area contributed by atoms with Gasteiger partial charge in [0.1, 0.15) is 12.4 Å². The molecule has 1 aromatic rings. The van der Waals surface area contributed by atoms with Crippen LogP contribution < -0.4 is 15.4 Å². The Morgan fingerprint density at radius 3 is 3.05 bits per heavy atom. The van der Waals surface area contributed by atoms with Crippen LogP contribution in [-0.4, -0.2) is 31.6 Å². The van der Waals surface area contributed by atoms with Crippen LogP contribution in [0, 0.1) is 11.8 Å². The molecule has 1 saturated heterocycles. The van der Waals surface area contributed by atoms with Crippen LogP contribution in [0.3, 0.4) is 0 Å². The first-order valence-corrected chi connectivity index (χ1v) is 7.93. The van der Waals surface area contributed by atoms with Crippen LogP contribution in [0.15, 0.2) is 18.2 Å². The Balaban J connectivity index is 0.00000176. The van der Waals surface area contributed by atoms with Crippen molar-refractivity contribution in [3.8, 4) is 5.75 Å². The van der Waals surface area contributed by atoms with Gasteiger partial charge in [-0.15, -0.1) is 12.4 Å². The maximum absolute atomic E-state index is 12.5. The summed E-state index contributed by atoms with van der Waals surface area (Å²) in [5.41, 5.74) is 1.02. The van der Waals surface area contributed by atoms with Crippen LogP contribution in [0.5, 0.6) is 5.75 Å². The molecular weight excluding hydrogens is 323 g/mol. The number of hydrogen-bond donors (Lipinski definition) is 2. The quantitative estimate of drug-likeness (QED) is 0.866. The molecular formula is C16H22Cl2N2O2. The van der Waals surface area contributed by atoms with Crippen LogP contribution in [0.2, 0.25) is 5.02 Å². The number of nitrogens with one attached hydrogen (secondary N) is 2. The fraction of sp³-hybridized carbons (Fsp3) is 0.562. The summed E-state index contributed by atoms with van der Waals surface area (Å²) in [7, 11) is 0. The van der Waals surface area contributed by atoms with Gasteiger partial charge < -0.3 is 15.4 Å². The number of carbonyl (C=O) groups excluding carboxylic acids is 1. The molecule has 0 aromatic heterocycles. The Kier molecular flexibility index (Phi) is 5.95. The first-order valence-electron chi connectivity index (χ1n) is 7.56. The molecule has 0 radical (unpaired) electrons. The number of fused-ring (bicyclic) bond motifs is 1. The molecule has 2 heterocycles. The molecule has 1 aromatic carbocycles. The smallest absolute Gasteiger partial charge is 0.227 e. The molecule has 0 bridgehead atoms. The number of benzene rings is 1. The number of piperidine rings is 1. The normalized spacial score (nSPS) is 27.1. The van der Waals surface area contributed by atoms with Gasteiger partial charge >= 0.3 is 0 Å². The van der Waals surface area contributed by atoms with E-state index in [0.29, 0.717) is 24.0 Å². The molecule has 0 aliphatic carbocycles. The lowest BCUT2D eigenvalue weighted by Gasteiger charge is -2.32. The van der Waals surface area contributed by atoms with Gasteiger partial charge in [-0.2, -0.15) is 0 Å². The van der Waals surface area contributed by atoms with Crippen molar-refractivity contribution in [2.24, 2.45) is 11.8 Å². The van der Waals surface area contributed by atoms with Crippen molar-refractivity contribution >= 4 is 29.9 Å². The summed E-state index contributed by atoms with van der Waals surface area (Å²) in [5.74, 6) is 1.31. The molecule has 122 valence electrons. The lowest BCUT2D eigenvalue weighted by Crippen LogP contribution is -2.52. The summed E-state index contributed by atoms with van der Waals surface area (Å²) in [6.45, 7) is 4.52. The third kappa shape index (κ3) is 3.86. The zero-order valence-corrected chi connectivity index (χ0v) is 14.2. The first-order chi connectivity index (χ1) is 10.1. The first kappa shape index (κ1) is 17.4. The molecule has 2 aliphatic rings. The average molecular weight is 345 g/mol. The van der Waals surface area contributed by atoms with E-state index in [-0.39, 0.29) is 30.3 Å². The highest BCUT2D eigenvalue weighted by molar-refractivity contribution is 6.30. The second kappa shape index (κ2) is 7.53. The Bertz CT molecular complexity index is 539. The number of carbonyl (C=O) groups is 1. The van der Waals surface area contributed by atoms with Crippen molar-refractivity contribution < 1.29 is 9.53 Å². The summed E-state index contributed by atoms with van der Waals surface area (Å²) in [6, 6.07) is 5.79. The molecule has 3 unspecified atom stereocenters. The molecule has 1 amide bonds. The van der Waals surface area contributed by atoms with Crippen molar-refractivity contribution in [3.05, 3.63) is 28.8 Å². The average Bonchev–Trinajstić information content (AvgIpc) is 2.48. The van der Waals surface area contributed by atoms with E-state index < -0.39 is 0 Å². The highest BCUT2D eigenvalue weighted by atomic mass is 35.5. The van der Waals surface area contributed by atoms with Crippen LogP contribution in [0.4, 0.5) is 0 Å². The summed E-state index contributed by atoms with van der Waals surface area (Å²) in [5, 5.41) is 7.19. The molecule has 22 heavy (non-hydrogen) atoms. The van der Waals surface area contributed by atoms with Crippen LogP contribution in [0.25, 0.3) is 0 Å². The third-order valence-corrected chi connectivity index (χ3v) is 4.69. The molecule has 0 spiro atoms. The van der Waals surface area contributed by atoms with Gasteiger partial charge in [-0.1, -0.05) is 18.5 Å². The highest BCUT2D eigenvalue weighted by Gasteiger charge is 2.29. The molecule has 1 fully saturated rings. The number of amides is 1. The summed E-state index contributed by atoms with van der Waals surface area (Å²) < 4.78 is 5.69. The predicted octanol–water partition coefficient (Wildman–Crippen LogP) is 2.43. The fourth-order valence-electron chi connectivity index (χ4n) is 3.02. The number of ether oxygens (including phenoxy) is 1. The highest BCUT2D eigenvalue weighted by Crippen LogP contribution is 2.30. The Morgan fingerprint density at radius 2 is 2.27 bits per heavy atom. The van der Waals surface area contributed by atoms with Gasteiger partial charge in [-0.25, -0.2) is 0 Å². The largest absolute Gasteiger partial charge is 0.492 e. The Morgan fingerprint density at radius 1 is 1.45 bits per heavy atom. The molecule has 2 aliphatic heterocycles. The minimum absolute atomic E-state index is 0. The van der Waals surface area contributed by atoms with Crippen LogP contribution >= 0.6 is 24.0 Å². The summed E-state index contributed by atoms with van der Waals surface area (Å²) in [4.78, 5) is 12.5. The standard InChI is InChI=1S/C16H21ClN2O2.ClH/c1-10-4-5-18-8-14(10)19-16(20)12-6-11-7-13(17)2-3-15(11)21-9-12;/h2-3,7,10,12,14,18H,4-6,8-9H2,1H3,(H,19,20);1H. The predicted molar refractivity (Wildman–Crippen MR) is 90.0 cm³/mol. The van der Waals surface area contributed by atoms with Crippen LogP contribution in [-0.2, 0) is 11.2 Å². The second-order valence-corrected chi connectivity index (χ2v) is 6.49. The van der Waals surface area contributed by atoms with Crippen molar-refractivity contribution in [3.63, 3.8) is 0 Å². The van der Waals surface area contributed by atoms with E-state index in [1.807, 2.05) is 18.2 Å². The Hall–Kier alpha value is -0.970. The van der Waals surface area contributed by atoms with E-state index in [0.717, 1.165) is 30.8 Å². The van der Waals surface area contributed by atoms with Crippen molar-refractivity contribution in [2.45, 2.75) is 25.8 Å². The van der Waals surface area contributed by atoms with Crippen molar-refractivity contribution in [1.82, 2.24) is 10.6 Å². The maximum Gasteiger partial charge on any atom is 0.227 e. The van der Waals surface area contributed by atoms with Crippen molar-refractivity contribution in [1.29, 1.82) is 0 Å². The number of rotatable bonds is 2. The minimum Gasteiger partial charge on any atom is -0.492 e. The van der Waals surface area contributed by atoms with Crippen LogP contribution in [0.1, 0.15) is 18.9 Å². The van der Waals surface area contributed by atoms with E-state index in [2.05, 4.69) is 17.6 Å². The van der Waals surface area contributed by atoms with Gasteiger partial charge in [-0.3, -0.25) is 4.79 Å². The fourth-order valence-corrected chi connectivity index (χ4v) is 3.21. The molecule has 3 atom stereocenters. The molecule has 2 N–H and O–H groups in total. The van der Waals surface area contributed by atoms with E-state index in [9.17, 15) is 4.79 Å². The maximum atomic E-state index is 12.5. The topological polar surface area (TPSA) is 50.4 Å². The Labute approximate surface area is 142 Å². The van der Waals surface area contributed by atoms with Gasteiger partial charge in [-0.05, 0) is 49.1 Å². The van der Waals surface area contributed by atoms with E-state index in [4.69, 9.17) is 16.3 Å². The third-order valence-electron chi connectivity index (χ3n) is 4.45. The monoisotopic (exact) mass is 344 g/mol. The molecule has 4 nitrogen and oxygen atoms in total. The van der Waals surface area contributed by atoms with E-state index in [1.54, 1.807) is 0 Å². The second-order valence-electron chi connectivity index (χ2n) is 6.05. The van der Waals surface area contributed by atoms with E-state index >= 15 is 0 Å². The lowest BCUT2D eigenvalue weighted by molar-refractivity contribution is -0.127. The van der Waals surface area contributed by atoms with Gasteiger partial charge in [0.15, 0.2) is 0 Å². The van der Waals surface area contributed by atoms with E-state index in [1.165, 1.54) is 0 Å². The van der Waals surface area contributed by atoms with Gasteiger partial charge in [0.2, 0.25) is 5.91 Å². The SMILES string of the molecule is CC1CCNCC1NC(=O)C1COc2ccc(Cl)cc2C1.Cl. The molecule has 0 saturated carbocycles. The minimum atomic E-state index is -0.134. The zero-order valence-electron chi connectivity index (χ0n) is 12.6. The number of hydrogen-bond acceptors (Lipinski definition) is 3. The molecule has 6 heteroatoms. The zero-order chi connectivity index (χ0) is 14.8. The van der Waals surface area contributed by atoms with Gasteiger partial charge in [0.25, 0.3) is 0 Å². The molecule has 3 rings (SSSR count).